The van der Waals surface area contributed by atoms with Crippen LogP contribution < -0.4 is 0 Å². The van der Waals surface area contributed by atoms with E-state index >= 15 is 0 Å². The lowest BCUT2D eigenvalue weighted by atomic mass is 9.71. The molecule has 0 fully saturated rings. The molecule has 0 spiro atoms. The highest BCUT2D eigenvalue weighted by Crippen LogP contribution is 2.32. The molecule has 0 aromatic carbocycles. The van der Waals surface area contributed by atoms with E-state index in [-0.39, 0.29) is 11.8 Å². The number of terminal acetylenes is 1. The Balaban J connectivity index is 6.08. The van der Waals surface area contributed by atoms with E-state index in [0.29, 0.717) is 0 Å². The summed E-state index contributed by atoms with van der Waals surface area (Å²) in [5.74, 6) is 29.7. The van der Waals surface area contributed by atoms with Gasteiger partial charge in [-0.25, -0.2) is 0 Å². The third kappa shape index (κ3) is 11.4. The topological polar surface area (TPSA) is 0 Å². The lowest BCUT2D eigenvalue weighted by Gasteiger charge is -2.26. The van der Waals surface area contributed by atoms with Crippen molar-refractivity contribution in [2.75, 3.05) is 0 Å². The first-order valence-electron chi connectivity index (χ1n) is 11.6. The molecule has 0 radical (unpaired) electrons. The molecule has 0 N–H and O–H groups in total. The molecule has 0 saturated heterocycles. The second-order valence-electron chi connectivity index (χ2n) is 7.53. The zero-order chi connectivity index (χ0) is 21.8. The number of hydrogen-bond donors (Lipinski definition) is 0. The smallest absolute Gasteiger partial charge is 0.117 e. The van der Waals surface area contributed by atoms with Gasteiger partial charge in [0.2, 0.25) is 0 Å². The van der Waals surface area contributed by atoms with Crippen LogP contribution >= 0.6 is 0 Å². The number of hydrogen-bond acceptors (Lipinski definition) is 0. The van der Waals surface area contributed by atoms with Gasteiger partial charge in [0.25, 0.3) is 0 Å². The highest BCUT2D eigenvalue weighted by molar-refractivity contribution is 5.43. The molecule has 0 aliphatic heterocycles. The van der Waals surface area contributed by atoms with Crippen LogP contribution in [0.3, 0.4) is 0 Å². The molecule has 0 nitrogen and oxygen atoms in total. The normalized spacial score (nSPS) is 13.4. The Labute approximate surface area is 182 Å². The minimum atomic E-state index is -0.846. The maximum atomic E-state index is 6.08. The summed E-state index contributed by atoms with van der Waals surface area (Å²) >= 11 is 0. The summed E-state index contributed by atoms with van der Waals surface area (Å²) in [6.07, 6.45) is 17.3. The monoisotopic (exact) mass is 388 g/mol. The Morgan fingerprint density at radius 2 is 1.14 bits per heavy atom. The second kappa shape index (κ2) is 17.9. The van der Waals surface area contributed by atoms with Gasteiger partial charge in [-0.3, -0.25) is 0 Å². The zero-order valence-electron chi connectivity index (χ0n) is 19.5. The van der Waals surface area contributed by atoms with Crippen LogP contribution in [-0.2, 0) is 0 Å². The summed E-state index contributed by atoms with van der Waals surface area (Å²) in [4.78, 5) is 0. The van der Waals surface area contributed by atoms with Crippen molar-refractivity contribution in [1.29, 1.82) is 0 Å². The Morgan fingerprint density at radius 3 is 1.62 bits per heavy atom. The van der Waals surface area contributed by atoms with E-state index in [0.717, 1.165) is 70.6 Å². The lowest BCUT2D eigenvalue weighted by molar-refractivity contribution is 0.425. The lowest BCUT2D eigenvalue weighted by Crippen LogP contribution is -2.30. The summed E-state index contributed by atoms with van der Waals surface area (Å²) in [7, 11) is 0. The highest BCUT2D eigenvalue weighted by atomic mass is 14.3. The Kier molecular flexibility index (Phi) is 16.5. The van der Waals surface area contributed by atoms with Crippen molar-refractivity contribution >= 4 is 0 Å². The van der Waals surface area contributed by atoms with Gasteiger partial charge in [0.1, 0.15) is 0 Å². The minimum absolute atomic E-state index is 0.0356. The second-order valence-corrected chi connectivity index (χ2v) is 7.53. The highest BCUT2D eigenvalue weighted by Gasteiger charge is 2.36. The van der Waals surface area contributed by atoms with E-state index in [4.69, 9.17) is 6.42 Å². The summed E-state index contributed by atoms with van der Waals surface area (Å²) in [6, 6.07) is 0. The molecule has 29 heavy (non-hydrogen) atoms. The number of unbranched alkanes of at least 4 members (excludes halogenated alkanes) is 7. The molecule has 0 aliphatic carbocycles. The summed E-state index contributed by atoms with van der Waals surface area (Å²) in [5.41, 5.74) is -0.846. The molecule has 156 valence electrons. The van der Waals surface area contributed by atoms with Crippen LogP contribution in [0.15, 0.2) is 0 Å². The molecular weight excluding hydrogens is 348 g/mol. The first kappa shape index (κ1) is 26.8. The van der Waals surface area contributed by atoms with Gasteiger partial charge in [-0.15, -0.1) is 30.1 Å². The van der Waals surface area contributed by atoms with Crippen LogP contribution in [0.4, 0.5) is 0 Å². The standard InChI is InChI=1S/C29H40/c1-7-12-16-19-23-27(6)28(24-20-17-13-8-2)29(11-5,25-21-15-10-4)26-22-18-14-9-3/h5,27-28H,7-10,12-18H2,1-4,6H3. The first-order chi connectivity index (χ1) is 14.1. The van der Waals surface area contributed by atoms with Gasteiger partial charge in [0.15, 0.2) is 5.41 Å². The van der Waals surface area contributed by atoms with Crippen molar-refractivity contribution in [3.63, 3.8) is 0 Å². The molecule has 0 amide bonds. The summed E-state index contributed by atoms with van der Waals surface area (Å²) in [6.45, 7) is 10.8. The van der Waals surface area contributed by atoms with E-state index < -0.39 is 5.41 Å². The predicted octanol–water partition coefficient (Wildman–Crippen LogP) is 7.24. The average Bonchev–Trinajstić information content (AvgIpc) is 2.73. The van der Waals surface area contributed by atoms with Crippen LogP contribution in [0, 0.1) is 77.0 Å². The molecule has 0 aromatic heterocycles. The van der Waals surface area contributed by atoms with E-state index in [1.165, 1.54) is 0 Å². The van der Waals surface area contributed by atoms with Crippen molar-refractivity contribution in [1.82, 2.24) is 0 Å². The van der Waals surface area contributed by atoms with Crippen molar-refractivity contribution in [2.45, 2.75) is 105 Å². The van der Waals surface area contributed by atoms with Crippen LogP contribution in [-0.4, -0.2) is 0 Å². The van der Waals surface area contributed by atoms with Gasteiger partial charge < -0.3 is 0 Å². The van der Waals surface area contributed by atoms with Crippen molar-refractivity contribution in [3.05, 3.63) is 0 Å². The van der Waals surface area contributed by atoms with E-state index in [9.17, 15) is 0 Å². The van der Waals surface area contributed by atoms with Crippen LogP contribution in [0.25, 0.3) is 0 Å². The third-order valence-electron chi connectivity index (χ3n) is 4.69. The van der Waals surface area contributed by atoms with Crippen LogP contribution in [0.2, 0.25) is 0 Å². The molecule has 3 atom stereocenters. The maximum absolute atomic E-state index is 6.08. The number of rotatable bonds is 9. The molecule has 0 aliphatic rings. The first-order valence-corrected chi connectivity index (χ1v) is 11.6. The van der Waals surface area contributed by atoms with Gasteiger partial charge in [-0.1, -0.05) is 83.5 Å². The fourth-order valence-corrected chi connectivity index (χ4v) is 2.78. The molecular formula is C29H40. The zero-order valence-corrected chi connectivity index (χ0v) is 19.5. The van der Waals surface area contributed by atoms with Crippen LogP contribution in [0.5, 0.6) is 0 Å². The molecule has 0 heteroatoms. The summed E-state index contributed by atoms with van der Waals surface area (Å²) in [5, 5.41) is 0. The molecule has 3 unspecified atom stereocenters. The van der Waals surface area contributed by atoms with Gasteiger partial charge in [-0.2, -0.15) is 0 Å². The minimum Gasteiger partial charge on any atom is -0.117 e. The van der Waals surface area contributed by atoms with Gasteiger partial charge >= 0.3 is 0 Å². The van der Waals surface area contributed by atoms with Gasteiger partial charge in [-0.05, 0) is 25.7 Å². The Hall–Kier alpha value is -2.20. The predicted molar refractivity (Wildman–Crippen MR) is 129 cm³/mol. The molecule has 0 rings (SSSR count). The third-order valence-corrected chi connectivity index (χ3v) is 4.69. The molecule has 0 heterocycles. The fourth-order valence-electron chi connectivity index (χ4n) is 2.78. The van der Waals surface area contributed by atoms with Gasteiger partial charge in [0.05, 0.1) is 5.92 Å². The van der Waals surface area contributed by atoms with Crippen molar-refractivity contribution in [3.8, 4) is 59.7 Å². The largest absolute Gasteiger partial charge is 0.166 e. The maximum Gasteiger partial charge on any atom is 0.166 e. The van der Waals surface area contributed by atoms with Crippen molar-refractivity contribution < 1.29 is 0 Å². The van der Waals surface area contributed by atoms with E-state index in [1.807, 2.05) is 0 Å². The Morgan fingerprint density at radius 1 is 0.655 bits per heavy atom. The van der Waals surface area contributed by atoms with E-state index in [1.54, 1.807) is 0 Å². The molecule has 0 saturated carbocycles. The summed E-state index contributed by atoms with van der Waals surface area (Å²) < 4.78 is 0. The average molecular weight is 389 g/mol. The molecule has 0 aromatic rings. The quantitative estimate of drug-likeness (QED) is 0.288. The Bertz CT molecular complexity index is 716. The van der Waals surface area contributed by atoms with Crippen LogP contribution in [0.1, 0.15) is 105 Å². The van der Waals surface area contributed by atoms with E-state index in [2.05, 4.69) is 87.9 Å². The fraction of sp³-hybridized carbons (Fsp3) is 0.655. The van der Waals surface area contributed by atoms with Gasteiger partial charge in [0, 0.05) is 31.6 Å². The SMILES string of the molecule is C#CC(C#CCCC)(C#CCCCC)C(C#CCCCC)C(C)C#CCCCC. The van der Waals surface area contributed by atoms with Crippen molar-refractivity contribution in [2.24, 2.45) is 17.3 Å². The molecule has 0 bridgehead atoms.